The van der Waals surface area contributed by atoms with Crippen LogP contribution in [0.5, 0.6) is 5.75 Å². The summed E-state index contributed by atoms with van der Waals surface area (Å²) in [5, 5.41) is 9.80. The van der Waals surface area contributed by atoms with Crippen molar-refractivity contribution in [3.63, 3.8) is 0 Å². The lowest BCUT2D eigenvalue weighted by Gasteiger charge is -2.19. The highest BCUT2D eigenvalue weighted by molar-refractivity contribution is 5.47. The van der Waals surface area contributed by atoms with Crippen LogP contribution in [-0.4, -0.2) is 16.6 Å². The van der Waals surface area contributed by atoms with Crippen LogP contribution in [0.4, 0.5) is 5.69 Å². The predicted octanol–water partition coefficient (Wildman–Crippen LogP) is 2.59. The predicted molar refractivity (Wildman–Crippen MR) is 71.0 cm³/mol. The Morgan fingerprint density at radius 3 is 2.78 bits per heavy atom. The van der Waals surface area contributed by atoms with Crippen LogP contribution < -0.4 is 5.73 Å². The first-order valence-corrected chi connectivity index (χ1v) is 6.01. The van der Waals surface area contributed by atoms with Crippen LogP contribution in [0.2, 0.25) is 0 Å². The van der Waals surface area contributed by atoms with Crippen LogP contribution in [0.3, 0.4) is 0 Å². The summed E-state index contributed by atoms with van der Waals surface area (Å²) in [5.41, 5.74) is 7.23. The number of benzene rings is 1. The van der Waals surface area contributed by atoms with Gasteiger partial charge in [0.05, 0.1) is 12.8 Å². The number of aromatic hydroxyl groups is 1. The van der Waals surface area contributed by atoms with Gasteiger partial charge < -0.3 is 15.3 Å². The van der Waals surface area contributed by atoms with Crippen LogP contribution in [0.1, 0.15) is 18.2 Å². The zero-order chi connectivity index (χ0) is 13.0. The molecule has 0 fully saturated rings. The molecule has 18 heavy (non-hydrogen) atoms. The highest BCUT2D eigenvalue weighted by Crippen LogP contribution is 2.22. The van der Waals surface area contributed by atoms with Gasteiger partial charge in [-0.15, -0.1) is 0 Å². The van der Waals surface area contributed by atoms with Crippen molar-refractivity contribution >= 4 is 5.69 Å². The molecule has 4 heteroatoms. The molecule has 0 bridgehead atoms. The third kappa shape index (κ3) is 3.05. The fraction of sp³-hybridized carbons (Fsp3) is 0.286. The molecule has 2 aromatic rings. The molecule has 4 nitrogen and oxygen atoms in total. The van der Waals surface area contributed by atoms with Crippen molar-refractivity contribution in [1.82, 2.24) is 4.90 Å². The van der Waals surface area contributed by atoms with Gasteiger partial charge in [0, 0.05) is 17.8 Å². The maximum atomic E-state index is 9.80. The third-order valence-corrected chi connectivity index (χ3v) is 2.90. The van der Waals surface area contributed by atoms with Crippen molar-refractivity contribution in [2.24, 2.45) is 0 Å². The Balaban J connectivity index is 2.07. The summed E-state index contributed by atoms with van der Waals surface area (Å²) in [4.78, 5) is 2.17. The van der Waals surface area contributed by atoms with E-state index in [1.54, 1.807) is 24.5 Å². The second kappa shape index (κ2) is 5.60. The van der Waals surface area contributed by atoms with Crippen LogP contribution in [0.25, 0.3) is 0 Å². The average molecular weight is 246 g/mol. The largest absolute Gasteiger partial charge is 0.508 e. The maximum absolute atomic E-state index is 9.80. The van der Waals surface area contributed by atoms with Gasteiger partial charge in [-0.25, -0.2) is 0 Å². The normalized spacial score (nSPS) is 11.0. The number of nitrogen functional groups attached to an aromatic ring is 1. The van der Waals surface area contributed by atoms with E-state index in [4.69, 9.17) is 10.2 Å². The van der Waals surface area contributed by atoms with E-state index in [1.807, 2.05) is 12.1 Å². The topological polar surface area (TPSA) is 62.6 Å². The molecule has 0 atom stereocenters. The standard InChI is InChI=1S/C14H18N2O2/c1-2-16(10-13-4-3-7-18-13)9-11-8-12(15)5-6-14(11)17/h3-8,17H,2,9-10,15H2,1H3. The van der Waals surface area contributed by atoms with Crippen LogP contribution >= 0.6 is 0 Å². The van der Waals surface area contributed by atoms with Crippen molar-refractivity contribution in [1.29, 1.82) is 0 Å². The lowest BCUT2D eigenvalue weighted by molar-refractivity contribution is 0.245. The highest BCUT2D eigenvalue weighted by atomic mass is 16.3. The van der Waals surface area contributed by atoms with Crippen molar-refractivity contribution in [3.05, 3.63) is 47.9 Å². The Hall–Kier alpha value is -1.94. The van der Waals surface area contributed by atoms with Crippen LogP contribution in [0.15, 0.2) is 41.0 Å². The van der Waals surface area contributed by atoms with Gasteiger partial charge in [0.2, 0.25) is 0 Å². The summed E-state index contributed by atoms with van der Waals surface area (Å²) in [6.07, 6.45) is 1.67. The Morgan fingerprint density at radius 2 is 2.11 bits per heavy atom. The van der Waals surface area contributed by atoms with E-state index in [2.05, 4.69) is 11.8 Å². The fourth-order valence-corrected chi connectivity index (χ4v) is 1.88. The molecule has 96 valence electrons. The van der Waals surface area contributed by atoms with Gasteiger partial charge in [-0.1, -0.05) is 6.92 Å². The summed E-state index contributed by atoms with van der Waals surface area (Å²) in [7, 11) is 0. The number of rotatable bonds is 5. The van der Waals surface area contributed by atoms with Crippen molar-refractivity contribution < 1.29 is 9.52 Å². The van der Waals surface area contributed by atoms with E-state index >= 15 is 0 Å². The van der Waals surface area contributed by atoms with Crippen LogP contribution in [-0.2, 0) is 13.1 Å². The molecule has 1 heterocycles. The van der Waals surface area contributed by atoms with Gasteiger partial charge >= 0.3 is 0 Å². The minimum atomic E-state index is 0.280. The molecule has 0 aliphatic rings. The highest BCUT2D eigenvalue weighted by Gasteiger charge is 2.09. The average Bonchev–Trinajstić information content (AvgIpc) is 2.85. The Bertz CT molecular complexity index is 495. The molecule has 0 unspecified atom stereocenters. The zero-order valence-electron chi connectivity index (χ0n) is 10.5. The number of hydrogen-bond acceptors (Lipinski definition) is 4. The second-order valence-electron chi connectivity index (χ2n) is 4.27. The quantitative estimate of drug-likeness (QED) is 0.628. The van der Waals surface area contributed by atoms with Gasteiger partial charge in [0.25, 0.3) is 0 Å². The lowest BCUT2D eigenvalue weighted by Crippen LogP contribution is -2.22. The zero-order valence-corrected chi connectivity index (χ0v) is 10.5. The molecule has 1 aromatic heterocycles. The molecule has 0 aliphatic heterocycles. The Kier molecular flexibility index (Phi) is 3.89. The molecule has 0 spiro atoms. The minimum absolute atomic E-state index is 0.280. The second-order valence-corrected chi connectivity index (χ2v) is 4.27. The number of furan rings is 1. The van der Waals surface area contributed by atoms with E-state index in [9.17, 15) is 5.11 Å². The first-order chi connectivity index (χ1) is 8.69. The Labute approximate surface area is 107 Å². The summed E-state index contributed by atoms with van der Waals surface area (Å²) < 4.78 is 5.33. The lowest BCUT2D eigenvalue weighted by atomic mass is 10.1. The molecule has 3 N–H and O–H groups in total. The summed E-state index contributed by atoms with van der Waals surface area (Å²) in [5.74, 6) is 1.20. The first-order valence-electron chi connectivity index (χ1n) is 6.01. The minimum Gasteiger partial charge on any atom is -0.508 e. The van der Waals surface area contributed by atoms with Gasteiger partial charge in [0.15, 0.2) is 0 Å². The molecule has 2 rings (SSSR count). The van der Waals surface area contributed by atoms with E-state index in [1.165, 1.54) is 0 Å². The van der Waals surface area contributed by atoms with E-state index in [0.29, 0.717) is 12.2 Å². The first kappa shape index (κ1) is 12.5. The summed E-state index contributed by atoms with van der Waals surface area (Å²) in [6.45, 7) is 4.31. The number of phenols is 1. The number of nitrogens with zero attached hydrogens (tertiary/aromatic N) is 1. The van der Waals surface area contributed by atoms with Crippen LogP contribution in [0, 0.1) is 0 Å². The van der Waals surface area contributed by atoms with Crippen molar-refractivity contribution in [3.8, 4) is 5.75 Å². The number of hydrogen-bond donors (Lipinski definition) is 2. The molecule has 1 aromatic carbocycles. The van der Waals surface area contributed by atoms with E-state index in [-0.39, 0.29) is 5.75 Å². The van der Waals surface area contributed by atoms with Crippen molar-refractivity contribution in [2.75, 3.05) is 12.3 Å². The third-order valence-electron chi connectivity index (χ3n) is 2.90. The number of phenolic OH excluding ortho intramolecular Hbond substituents is 1. The fourth-order valence-electron chi connectivity index (χ4n) is 1.88. The van der Waals surface area contributed by atoms with E-state index < -0.39 is 0 Å². The maximum Gasteiger partial charge on any atom is 0.120 e. The van der Waals surface area contributed by atoms with E-state index in [0.717, 1.165) is 24.4 Å². The van der Waals surface area contributed by atoms with Crippen molar-refractivity contribution in [2.45, 2.75) is 20.0 Å². The molecule has 0 saturated carbocycles. The molecular formula is C14H18N2O2. The van der Waals surface area contributed by atoms with Gasteiger partial charge in [-0.3, -0.25) is 4.90 Å². The molecule has 0 radical (unpaired) electrons. The monoisotopic (exact) mass is 246 g/mol. The van der Waals surface area contributed by atoms with Gasteiger partial charge in [0.1, 0.15) is 11.5 Å². The smallest absolute Gasteiger partial charge is 0.120 e. The summed E-state index contributed by atoms with van der Waals surface area (Å²) >= 11 is 0. The van der Waals surface area contributed by atoms with Gasteiger partial charge in [-0.2, -0.15) is 0 Å². The summed E-state index contributed by atoms with van der Waals surface area (Å²) in [6, 6.07) is 8.95. The Morgan fingerprint density at radius 1 is 1.28 bits per heavy atom. The van der Waals surface area contributed by atoms with Gasteiger partial charge in [-0.05, 0) is 36.9 Å². The molecule has 0 amide bonds. The molecule has 0 saturated heterocycles. The number of nitrogens with two attached hydrogens (primary N) is 1. The molecule has 0 aliphatic carbocycles. The molecular weight excluding hydrogens is 228 g/mol. The number of anilines is 1. The SMILES string of the molecule is CCN(Cc1ccco1)Cc1cc(N)ccc1O.